The number of sulfone groups is 1. The zero-order valence-electron chi connectivity index (χ0n) is 17.1. The minimum atomic E-state index is -3.90. The molecule has 6 nitrogen and oxygen atoms in total. The standard InChI is InChI=1S/C24H21N3O3S/c1-17-8-12-19(13-9-17)16-22(31(28,29)21-14-10-18(2)11-15-21)23-26-27-24(30-23)25-20-6-4-3-5-7-20/h3-16H,1-2H3,(H,25,27)/b22-16+. The van der Waals surface area contributed by atoms with Gasteiger partial charge in [0.25, 0.3) is 5.89 Å². The summed E-state index contributed by atoms with van der Waals surface area (Å²) in [5, 5.41) is 11.0. The van der Waals surface area contributed by atoms with Crippen molar-refractivity contribution >= 4 is 32.5 Å². The molecule has 0 saturated heterocycles. The highest BCUT2D eigenvalue weighted by Gasteiger charge is 2.27. The van der Waals surface area contributed by atoms with Crippen LogP contribution in [0.3, 0.4) is 0 Å². The lowest BCUT2D eigenvalue weighted by molar-refractivity contribution is 0.556. The monoisotopic (exact) mass is 431 g/mol. The molecule has 3 aromatic carbocycles. The van der Waals surface area contributed by atoms with Crippen LogP contribution in [0, 0.1) is 13.8 Å². The summed E-state index contributed by atoms with van der Waals surface area (Å²) in [6.07, 6.45) is 1.55. The fourth-order valence-corrected chi connectivity index (χ4v) is 4.28. The van der Waals surface area contributed by atoms with E-state index in [1.807, 2.05) is 68.4 Å². The SMILES string of the molecule is Cc1ccc(/C=C(\c2nnc(Nc3ccccc3)o2)S(=O)(=O)c2ccc(C)cc2)cc1. The van der Waals surface area contributed by atoms with E-state index >= 15 is 0 Å². The molecule has 1 aromatic heterocycles. The van der Waals surface area contributed by atoms with Gasteiger partial charge in [0.05, 0.1) is 4.90 Å². The van der Waals surface area contributed by atoms with Crippen LogP contribution in [0.5, 0.6) is 0 Å². The Kier molecular flexibility index (Phi) is 5.68. The number of nitrogens with zero attached hydrogens (tertiary/aromatic N) is 2. The molecular formula is C24H21N3O3S. The van der Waals surface area contributed by atoms with E-state index in [0.29, 0.717) is 5.56 Å². The molecule has 1 heterocycles. The number of para-hydroxylation sites is 1. The first-order chi connectivity index (χ1) is 14.9. The molecule has 0 saturated carbocycles. The average molecular weight is 432 g/mol. The van der Waals surface area contributed by atoms with Crippen molar-refractivity contribution in [1.29, 1.82) is 0 Å². The molecule has 0 atom stereocenters. The van der Waals surface area contributed by atoms with Gasteiger partial charge in [-0.25, -0.2) is 8.42 Å². The van der Waals surface area contributed by atoms with E-state index in [2.05, 4.69) is 15.5 Å². The molecule has 0 amide bonds. The largest absolute Gasteiger partial charge is 0.402 e. The third-order valence-corrected chi connectivity index (χ3v) is 6.42. The number of rotatable bonds is 6. The summed E-state index contributed by atoms with van der Waals surface area (Å²) in [5.74, 6) is -0.0837. The van der Waals surface area contributed by atoms with Gasteiger partial charge in [-0.2, -0.15) is 0 Å². The number of aromatic nitrogens is 2. The second kappa shape index (κ2) is 8.57. The van der Waals surface area contributed by atoms with Crippen molar-refractivity contribution in [3.8, 4) is 0 Å². The summed E-state index contributed by atoms with van der Waals surface area (Å²) in [5.41, 5.74) is 3.51. The molecule has 0 unspecified atom stereocenters. The van der Waals surface area contributed by atoms with Crippen molar-refractivity contribution in [3.63, 3.8) is 0 Å². The Morgan fingerprint density at radius 2 is 1.45 bits per heavy atom. The lowest BCUT2D eigenvalue weighted by Crippen LogP contribution is -2.05. The number of anilines is 2. The first-order valence-electron chi connectivity index (χ1n) is 9.68. The van der Waals surface area contributed by atoms with Gasteiger partial charge < -0.3 is 9.73 Å². The number of hydrogen-bond donors (Lipinski definition) is 1. The van der Waals surface area contributed by atoms with Crippen LogP contribution in [0.15, 0.2) is 88.2 Å². The topological polar surface area (TPSA) is 85.1 Å². The van der Waals surface area contributed by atoms with E-state index in [0.717, 1.165) is 16.8 Å². The van der Waals surface area contributed by atoms with Crippen molar-refractivity contribution in [2.24, 2.45) is 0 Å². The fraction of sp³-hybridized carbons (Fsp3) is 0.0833. The van der Waals surface area contributed by atoms with E-state index in [1.165, 1.54) is 0 Å². The fourth-order valence-electron chi connectivity index (χ4n) is 2.93. The maximum atomic E-state index is 13.5. The zero-order valence-corrected chi connectivity index (χ0v) is 17.9. The zero-order chi connectivity index (χ0) is 21.8. The van der Waals surface area contributed by atoms with Gasteiger partial charge in [0.15, 0.2) is 0 Å². The highest BCUT2D eigenvalue weighted by Crippen LogP contribution is 2.31. The summed E-state index contributed by atoms with van der Waals surface area (Å²) in [6.45, 7) is 3.87. The lowest BCUT2D eigenvalue weighted by atomic mass is 10.1. The van der Waals surface area contributed by atoms with Crippen molar-refractivity contribution in [2.75, 3.05) is 5.32 Å². The Bertz CT molecular complexity index is 1310. The number of nitrogens with one attached hydrogen (secondary N) is 1. The van der Waals surface area contributed by atoms with Gasteiger partial charge in [0, 0.05) is 5.69 Å². The number of hydrogen-bond acceptors (Lipinski definition) is 6. The van der Waals surface area contributed by atoms with Gasteiger partial charge >= 0.3 is 6.01 Å². The van der Waals surface area contributed by atoms with Gasteiger partial charge in [-0.05, 0) is 49.8 Å². The van der Waals surface area contributed by atoms with Crippen LogP contribution in [-0.4, -0.2) is 18.6 Å². The third-order valence-electron chi connectivity index (χ3n) is 4.66. The number of aryl methyl sites for hydroxylation is 2. The van der Waals surface area contributed by atoms with E-state index in [1.54, 1.807) is 30.3 Å². The Morgan fingerprint density at radius 3 is 2.10 bits per heavy atom. The van der Waals surface area contributed by atoms with E-state index < -0.39 is 9.84 Å². The summed E-state index contributed by atoms with van der Waals surface area (Å²) >= 11 is 0. The summed E-state index contributed by atoms with van der Waals surface area (Å²) < 4.78 is 32.6. The van der Waals surface area contributed by atoms with Crippen molar-refractivity contribution in [3.05, 3.63) is 101 Å². The molecule has 4 aromatic rings. The molecule has 4 rings (SSSR count). The third kappa shape index (κ3) is 4.73. The molecule has 0 aliphatic rings. The smallest absolute Gasteiger partial charge is 0.320 e. The van der Waals surface area contributed by atoms with Crippen molar-refractivity contribution < 1.29 is 12.8 Å². The Labute approximate surface area is 181 Å². The molecule has 0 radical (unpaired) electrons. The second-order valence-corrected chi connectivity index (χ2v) is 9.06. The highest BCUT2D eigenvalue weighted by atomic mass is 32.2. The molecule has 0 fully saturated rings. The molecule has 31 heavy (non-hydrogen) atoms. The minimum Gasteiger partial charge on any atom is -0.402 e. The van der Waals surface area contributed by atoms with Gasteiger partial charge in [-0.1, -0.05) is 70.8 Å². The minimum absolute atomic E-state index is 0.0613. The quantitative estimate of drug-likeness (QED) is 0.440. The predicted octanol–water partition coefficient (Wildman–Crippen LogP) is 5.40. The maximum absolute atomic E-state index is 13.5. The van der Waals surface area contributed by atoms with Crippen molar-refractivity contribution in [2.45, 2.75) is 18.7 Å². The van der Waals surface area contributed by atoms with Crippen LogP contribution in [-0.2, 0) is 9.84 Å². The highest BCUT2D eigenvalue weighted by molar-refractivity contribution is 8.00. The second-order valence-electron chi connectivity index (χ2n) is 7.14. The Balaban J connectivity index is 1.77. The van der Waals surface area contributed by atoms with Crippen LogP contribution in [0.2, 0.25) is 0 Å². The van der Waals surface area contributed by atoms with Crippen LogP contribution < -0.4 is 5.32 Å². The van der Waals surface area contributed by atoms with E-state index in [-0.39, 0.29) is 21.7 Å². The van der Waals surface area contributed by atoms with Gasteiger partial charge in [0.2, 0.25) is 9.84 Å². The Morgan fingerprint density at radius 1 is 0.839 bits per heavy atom. The number of benzene rings is 3. The summed E-state index contributed by atoms with van der Waals surface area (Å²) in [6, 6.07) is 23.6. The predicted molar refractivity (Wildman–Crippen MR) is 121 cm³/mol. The van der Waals surface area contributed by atoms with E-state index in [4.69, 9.17) is 4.42 Å². The molecule has 0 aliphatic carbocycles. The summed E-state index contributed by atoms with van der Waals surface area (Å²) in [7, 11) is -3.90. The van der Waals surface area contributed by atoms with Gasteiger partial charge in [0.1, 0.15) is 4.91 Å². The van der Waals surface area contributed by atoms with Crippen LogP contribution in [0.25, 0.3) is 11.0 Å². The molecular weight excluding hydrogens is 410 g/mol. The van der Waals surface area contributed by atoms with Crippen LogP contribution in [0.1, 0.15) is 22.6 Å². The average Bonchev–Trinajstić information content (AvgIpc) is 3.22. The molecule has 1 N–H and O–H groups in total. The van der Waals surface area contributed by atoms with Gasteiger partial charge in [-0.15, -0.1) is 5.10 Å². The van der Waals surface area contributed by atoms with Gasteiger partial charge in [-0.3, -0.25) is 0 Å². The lowest BCUT2D eigenvalue weighted by Gasteiger charge is -2.07. The van der Waals surface area contributed by atoms with E-state index in [9.17, 15) is 8.42 Å². The van der Waals surface area contributed by atoms with Crippen LogP contribution in [0.4, 0.5) is 11.7 Å². The molecule has 7 heteroatoms. The first kappa shape index (κ1) is 20.6. The molecule has 156 valence electrons. The maximum Gasteiger partial charge on any atom is 0.320 e. The Hall–Kier alpha value is -3.71. The van der Waals surface area contributed by atoms with Crippen LogP contribution >= 0.6 is 0 Å². The molecule has 0 bridgehead atoms. The first-order valence-corrected chi connectivity index (χ1v) is 11.2. The molecule has 0 aliphatic heterocycles. The summed E-state index contributed by atoms with van der Waals surface area (Å²) in [4.78, 5) is 0.0982. The molecule has 0 spiro atoms. The van der Waals surface area contributed by atoms with Crippen molar-refractivity contribution in [1.82, 2.24) is 10.2 Å². The normalized spacial score (nSPS) is 12.0.